The van der Waals surface area contributed by atoms with E-state index in [0.717, 1.165) is 0 Å². The topological polar surface area (TPSA) is 61.3 Å². The van der Waals surface area contributed by atoms with Gasteiger partial charge in [-0.2, -0.15) is 0 Å². The molecule has 27 heavy (non-hydrogen) atoms. The van der Waals surface area contributed by atoms with Crippen LogP contribution in [0.1, 0.15) is 10.4 Å². The van der Waals surface area contributed by atoms with Gasteiger partial charge in [0.25, 0.3) is 5.88 Å². The standard InChI is InChI=1S/C20H19ClN2O3Si/c1-27(2,3)16-11-9-15(10-12-16)25-19-17(13-18(21)22-23-19)26-20(24)14-7-5-4-6-8-14/h4-13H,1-3H3. The molecule has 0 unspecified atom stereocenters. The van der Waals surface area contributed by atoms with Gasteiger partial charge in [-0.1, -0.05) is 66.8 Å². The third-order valence-corrected chi connectivity index (χ3v) is 6.09. The Balaban J connectivity index is 1.83. The molecule has 0 saturated heterocycles. The molecule has 1 heterocycles. The molecule has 138 valence electrons. The van der Waals surface area contributed by atoms with Crippen molar-refractivity contribution in [3.63, 3.8) is 0 Å². The first kappa shape index (κ1) is 19.1. The summed E-state index contributed by atoms with van der Waals surface area (Å²) in [5.74, 6) is 0.229. The van der Waals surface area contributed by atoms with Crippen LogP contribution in [0.3, 0.4) is 0 Å². The lowest BCUT2D eigenvalue weighted by Gasteiger charge is -2.17. The Morgan fingerprint density at radius 1 is 0.963 bits per heavy atom. The van der Waals surface area contributed by atoms with Crippen molar-refractivity contribution >= 4 is 30.8 Å². The lowest BCUT2D eigenvalue weighted by molar-refractivity contribution is 0.0729. The number of nitrogens with zero attached hydrogens (tertiary/aromatic N) is 2. The number of aromatic nitrogens is 2. The molecule has 0 radical (unpaired) electrons. The average molecular weight is 399 g/mol. The average Bonchev–Trinajstić information content (AvgIpc) is 2.64. The van der Waals surface area contributed by atoms with Gasteiger partial charge < -0.3 is 9.47 Å². The zero-order chi connectivity index (χ0) is 19.4. The van der Waals surface area contributed by atoms with Gasteiger partial charge in [-0.15, -0.1) is 10.2 Å². The zero-order valence-corrected chi connectivity index (χ0v) is 17.0. The van der Waals surface area contributed by atoms with Crippen molar-refractivity contribution in [1.29, 1.82) is 0 Å². The van der Waals surface area contributed by atoms with E-state index < -0.39 is 14.0 Å². The molecular formula is C20H19ClN2O3Si. The molecule has 2 aromatic carbocycles. The van der Waals surface area contributed by atoms with Gasteiger partial charge in [0, 0.05) is 6.07 Å². The first-order chi connectivity index (χ1) is 12.8. The molecule has 0 amide bonds. The highest BCUT2D eigenvalue weighted by atomic mass is 35.5. The lowest BCUT2D eigenvalue weighted by Crippen LogP contribution is -2.37. The number of benzene rings is 2. The van der Waals surface area contributed by atoms with E-state index >= 15 is 0 Å². The van der Waals surface area contributed by atoms with Crippen LogP contribution in [0.2, 0.25) is 24.8 Å². The van der Waals surface area contributed by atoms with E-state index in [2.05, 4.69) is 29.8 Å². The summed E-state index contributed by atoms with van der Waals surface area (Å²) in [7, 11) is -1.40. The van der Waals surface area contributed by atoms with Gasteiger partial charge >= 0.3 is 5.97 Å². The van der Waals surface area contributed by atoms with Gasteiger partial charge in [-0.05, 0) is 24.3 Å². The van der Waals surface area contributed by atoms with E-state index in [-0.39, 0.29) is 16.8 Å². The van der Waals surface area contributed by atoms with Crippen molar-refractivity contribution in [2.24, 2.45) is 0 Å². The molecule has 5 nitrogen and oxygen atoms in total. The summed E-state index contributed by atoms with van der Waals surface area (Å²) in [6.45, 7) is 6.82. The van der Waals surface area contributed by atoms with Gasteiger partial charge in [0.1, 0.15) is 5.75 Å². The first-order valence-corrected chi connectivity index (χ1v) is 12.3. The van der Waals surface area contributed by atoms with Gasteiger partial charge in [0.2, 0.25) is 0 Å². The Bertz CT molecular complexity index is 942. The van der Waals surface area contributed by atoms with Crippen molar-refractivity contribution in [3.05, 3.63) is 71.4 Å². The Morgan fingerprint density at radius 3 is 2.26 bits per heavy atom. The second-order valence-corrected chi connectivity index (χ2v) is 12.4. The van der Waals surface area contributed by atoms with Gasteiger partial charge in [0.15, 0.2) is 10.9 Å². The molecule has 0 saturated carbocycles. The second-order valence-electron chi connectivity index (χ2n) is 6.97. The van der Waals surface area contributed by atoms with E-state index in [1.165, 1.54) is 11.3 Å². The quantitative estimate of drug-likeness (QED) is 0.461. The summed E-state index contributed by atoms with van der Waals surface area (Å²) < 4.78 is 11.2. The van der Waals surface area contributed by atoms with Crippen LogP contribution in [0.5, 0.6) is 17.4 Å². The molecule has 0 N–H and O–H groups in total. The maximum atomic E-state index is 12.3. The largest absolute Gasteiger partial charge is 0.435 e. The predicted octanol–water partition coefficient (Wildman–Crippen LogP) is 4.69. The predicted molar refractivity (Wildman–Crippen MR) is 108 cm³/mol. The maximum Gasteiger partial charge on any atom is 0.343 e. The fourth-order valence-corrected chi connectivity index (χ4v) is 3.66. The Hall–Kier alpha value is -2.70. The van der Waals surface area contributed by atoms with Crippen LogP contribution in [-0.2, 0) is 0 Å². The van der Waals surface area contributed by atoms with E-state index in [0.29, 0.717) is 11.3 Å². The van der Waals surface area contributed by atoms with Gasteiger partial charge in [-0.3, -0.25) is 0 Å². The number of carbonyl (C=O) groups is 1. The molecule has 0 aliphatic heterocycles. The highest BCUT2D eigenvalue weighted by Gasteiger charge is 2.18. The SMILES string of the molecule is C[Si](C)(C)c1ccc(Oc2nnc(Cl)cc2OC(=O)c2ccccc2)cc1. The molecule has 0 atom stereocenters. The molecule has 0 aliphatic carbocycles. The molecular weight excluding hydrogens is 380 g/mol. The minimum atomic E-state index is -1.40. The molecule has 0 spiro atoms. The lowest BCUT2D eigenvalue weighted by atomic mass is 10.2. The van der Waals surface area contributed by atoms with Crippen LogP contribution in [-0.4, -0.2) is 24.2 Å². The Labute approximate surface area is 163 Å². The third-order valence-electron chi connectivity index (χ3n) is 3.84. The number of hydrogen-bond acceptors (Lipinski definition) is 5. The number of esters is 1. The molecule has 3 rings (SSSR count). The van der Waals surface area contributed by atoms with E-state index in [1.54, 1.807) is 24.3 Å². The summed E-state index contributed by atoms with van der Waals surface area (Å²) in [5, 5.41) is 9.11. The van der Waals surface area contributed by atoms with Crippen molar-refractivity contribution in [2.45, 2.75) is 19.6 Å². The first-order valence-electron chi connectivity index (χ1n) is 8.42. The normalized spacial score (nSPS) is 11.1. The van der Waals surface area contributed by atoms with Crippen molar-refractivity contribution in [3.8, 4) is 17.4 Å². The van der Waals surface area contributed by atoms with Crippen LogP contribution in [0.15, 0.2) is 60.7 Å². The highest BCUT2D eigenvalue weighted by Crippen LogP contribution is 2.31. The second kappa shape index (κ2) is 7.90. The van der Waals surface area contributed by atoms with Crippen molar-refractivity contribution < 1.29 is 14.3 Å². The van der Waals surface area contributed by atoms with Crippen LogP contribution in [0.25, 0.3) is 0 Å². The number of ether oxygens (including phenoxy) is 2. The molecule has 3 aromatic rings. The number of hydrogen-bond donors (Lipinski definition) is 0. The maximum absolute atomic E-state index is 12.3. The van der Waals surface area contributed by atoms with E-state index in [4.69, 9.17) is 21.1 Å². The summed E-state index contributed by atoms with van der Waals surface area (Å²) in [4.78, 5) is 12.3. The van der Waals surface area contributed by atoms with Crippen LogP contribution in [0, 0.1) is 0 Å². The van der Waals surface area contributed by atoms with Crippen LogP contribution < -0.4 is 14.7 Å². The highest BCUT2D eigenvalue weighted by molar-refractivity contribution is 6.88. The zero-order valence-electron chi connectivity index (χ0n) is 15.3. The van der Waals surface area contributed by atoms with Gasteiger partial charge in [0.05, 0.1) is 13.6 Å². The fourth-order valence-electron chi connectivity index (χ4n) is 2.35. The summed E-state index contributed by atoms with van der Waals surface area (Å²) in [6.07, 6.45) is 0. The molecule has 0 aliphatic rings. The monoisotopic (exact) mass is 398 g/mol. The minimum absolute atomic E-state index is 0.0736. The smallest absolute Gasteiger partial charge is 0.343 e. The Morgan fingerprint density at radius 2 is 1.63 bits per heavy atom. The fraction of sp³-hybridized carbons (Fsp3) is 0.150. The van der Waals surface area contributed by atoms with Gasteiger partial charge in [-0.25, -0.2) is 4.79 Å². The minimum Gasteiger partial charge on any atom is -0.435 e. The third kappa shape index (κ3) is 4.93. The molecule has 0 fully saturated rings. The number of carbonyl (C=O) groups excluding carboxylic acids is 1. The van der Waals surface area contributed by atoms with Crippen LogP contribution >= 0.6 is 11.6 Å². The van der Waals surface area contributed by atoms with E-state index in [1.807, 2.05) is 30.3 Å². The van der Waals surface area contributed by atoms with E-state index in [9.17, 15) is 4.79 Å². The van der Waals surface area contributed by atoms with Crippen LogP contribution in [0.4, 0.5) is 0 Å². The summed E-state index contributed by atoms with van der Waals surface area (Å²) in [6, 6.07) is 17.9. The summed E-state index contributed by atoms with van der Waals surface area (Å²) >= 11 is 5.90. The molecule has 7 heteroatoms. The number of halogens is 1. The molecule has 1 aromatic heterocycles. The van der Waals surface area contributed by atoms with Crippen molar-refractivity contribution in [1.82, 2.24) is 10.2 Å². The molecule has 0 bridgehead atoms. The Kier molecular flexibility index (Phi) is 5.58. The van der Waals surface area contributed by atoms with Crippen molar-refractivity contribution in [2.75, 3.05) is 0 Å². The summed E-state index contributed by atoms with van der Waals surface area (Å²) in [5.41, 5.74) is 0.413. The number of rotatable bonds is 5.